The van der Waals surface area contributed by atoms with E-state index in [0.29, 0.717) is 22.7 Å². The number of hydrogen-bond acceptors (Lipinski definition) is 3. The highest BCUT2D eigenvalue weighted by Gasteiger charge is 2.13. The first-order valence-corrected chi connectivity index (χ1v) is 6.79. The molecule has 1 aromatic carbocycles. The Morgan fingerprint density at radius 1 is 1.30 bits per heavy atom. The zero-order valence-electron chi connectivity index (χ0n) is 12.0. The quantitative estimate of drug-likeness (QED) is 0.789. The largest absolute Gasteiger partial charge is 0.345 e. The molecular weight excluding hydrogens is 278 g/mol. The average Bonchev–Trinajstić information content (AvgIpc) is 2.40. The number of carbonyl (C=O) groups is 2. The normalized spacial score (nSPS) is 10.2. The van der Waals surface area contributed by atoms with Gasteiger partial charge >= 0.3 is 0 Å². The summed E-state index contributed by atoms with van der Waals surface area (Å²) in [5.41, 5.74) is 0.957. The van der Waals surface area contributed by atoms with Gasteiger partial charge < -0.3 is 15.5 Å². The summed E-state index contributed by atoms with van der Waals surface area (Å²) in [5, 5.41) is 6.12. The van der Waals surface area contributed by atoms with Crippen LogP contribution in [0, 0.1) is 0 Å². The number of amides is 2. The van der Waals surface area contributed by atoms with Crippen LogP contribution in [0.15, 0.2) is 18.2 Å². The second kappa shape index (κ2) is 7.87. The van der Waals surface area contributed by atoms with Gasteiger partial charge in [0, 0.05) is 26.2 Å². The van der Waals surface area contributed by atoms with Gasteiger partial charge in [-0.15, -0.1) is 0 Å². The number of benzene rings is 1. The topological polar surface area (TPSA) is 61.4 Å². The summed E-state index contributed by atoms with van der Waals surface area (Å²) in [6.45, 7) is 0.790. The minimum atomic E-state index is -0.193. The summed E-state index contributed by atoms with van der Waals surface area (Å²) >= 11 is 6.01. The van der Waals surface area contributed by atoms with Gasteiger partial charge in [-0.2, -0.15) is 0 Å². The van der Waals surface area contributed by atoms with Crippen LogP contribution in [-0.4, -0.2) is 44.4 Å². The number of nitrogens with zero attached hydrogens (tertiary/aromatic N) is 1. The maximum Gasteiger partial charge on any atom is 0.254 e. The SMILES string of the molecule is CNCCCC(=O)Nc1ccc(Cl)c(C(=O)N(C)C)c1. The standard InChI is InChI=1S/C14H20ClN3O2/c1-16-8-4-5-13(19)17-10-6-7-12(15)11(9-10)14(20)18(2)3/h6-7,9,16H,4-5,8H2,1-3H3,(H,17,19). The molecule has 0 unspecified atom stereocenters. The lowest BCUT2D eigenvalue weighted by Gasteiger charge is -2.13. The van der Waals surface area contributed by atoms with Crippen LogP contribution in [-0.2, 0) is 4.79 Å². The number of nitrogens with one attached hydrogen (secondary N) is 2. The monoisotopic (exact) mass is 297 g/mol. The number of anilines is 1. The Morgan fingerprint density at radius 3 is 2.60 bits per heavy atom. The molecule has 20 heavy (non-hydrogen) atoms. The molecule has 110 valence electrons. The van der Waals surface area contributed by atoms with Crippen molar-refractivity contribution in [2.45, 2.75) is 12.8 Å². The van der Waals surface area contributed by atoms with Crippen molar-refractivity contribution in [3.8, 4) is 0 Å². The van der Waals surface area contributed by atoms with Crippen LogP contribution >= 0.6 is 11.6 Å². The molecule has 1 rings (SSSR count). The Bertz CT molecular complexity index is 489. The molecule has 0 radical (unpaired) electrons. The van der Waals surface area contributed by atoms with Gasteiger partial charge in [0.15, 0.2) is 0 Å². The number of rotatable bonds is 6. The third-order valence-electron chi connectivity index (χ3n) is 2.72. The molecule has 5 nitrogen and oxygen atoms in total. The minimum Gasteiger partial charge on any atom is -0.345 e. The van der Waals surface area contributed by atoms with E-state index < -0.39 is 0 Å². The van der Waals surface area contributed by atoms with Gasteiger partial charge in [-0.3, -0.25) is 9.59 Å². The summed E-state index contributed by atoms with van der Waals surface area (Å²) in [6, 6.07) is 4.90. The zero-order chi connectivity index (χ0) is 15.1. The molecule has 0 atom stereocenters. The van der Waals surface area contributed by atoms with E-state index in [2.05, 4.69) is 10.6 Å². The van der Waals surface area contributed by atoms with Crippen LogP contribution < -0.4 is 10.6 Å². The Labute approximate surface area is 124 Å². The van der Waals surface area contributed by atoms with Gasteiger partial charge in [-0.1, -0.05) is 11.6 Å². The third-order valence-corrected chi connectivity index (χ3v) is 3.05. The minimum absolute atomic E-state index is 0.0779. The van der Waals surface area contributed by atoms with Crippen LogP contribution in [0.3, 0.4) is 0 Å². The van der Waals surface area contributed by atoms with E-state index in [9.17, 15) is 9.59 Å². The molecule has 6 heteroatoms. The van der Waals surface area contributed by atoms with E-state index in [4.69, 9.17) is 11.6 Å². The van der Waals surface area contributed by atoms with Gasteiger partial charge in [0.25, 0.3) is 5.91 Å². The molecule has 0 fully saturated rings. The van der Waals surface area contributed by atoms with Gasteiger partial charge in [0.2, 0.25) is 5.91 Å². The highest BCUT2D eigenvalue weighted by Crippen LogP contribution is 2.21. The highest BCUT2D eigenvalue weighted by molar-refractivity contribution is 6.34. The fourth-order valence-corrected chi connectivity index (χ4v) is 1.86. The maximum atomic E-state index is 11.9. The van der Waals surface area contributed by atoms with Crippen LogP contribution in [0.5, 0.6) is 0 Å². The van der Waals surface area contributed by atoms with Crippen molar-refractivity contribution >= 4 is 29.1 Å². The van der Waals surface area contributed by atoms with Gasteiger partial charge in [-0.05, 0) is 38.2 Å². The fraction of sp³-hybridized carbons (Fsp3) is 0.429. The summed E-state index contributed by atoms with van der Waals surface area (Å²) in [5.74, 6) is -0.271. The molecule has 2 amide bonds. The Kier molecular flexibility index (Phi) is 6.48. The van der Waals surface area contributed by atoms with Gasteiger partial charge in [-0.25, -0.2) is 0 Å². The van der Waals surface area contributed by atoms with Crippen molar-refractivity contribution in [2.24, 2.45) is 0 Å². The Balaban J connectivity index is 2.75. The Hall–Kier alpha value is -1.59. The lowest BCUT2D eigenvalue weighted by Crippen LogP contribution is -2.22. The molecule has 0 bridgehead atoms. The summed E-state index contributed by atoms with van der Waals surface area (Å²) < 4.78 is 0. The average molecular weight is 298 g/mol. The molecule has 0 saturated heterocycles. The first-order chi connectivity index (χ1) is 9.45. The molecule has 0 aliphatic heterocycles. The zero-order valence-corrected chi connectivity index (χ0v) is 12.8. The van der Waals surface area contributed by atoms with E-state index in [1.807, 2.05) is 7.05 Å². The molecular formula is C14H20ClN3O2. The van der Waals surface area contributed by atoms with Gasteiger partial charge in [0.05, 0.1) is 10.6 Å². The van der Waals surface area contributed by atoms with Crippen molar-refractivity contribution in [1.29, 1.82) is 0 Å². The Morgan fingerprint density at radius 2 is 2.00 bits per heavy atom. The van der Waals surface area contributed by atoms with Crippen molar-refractivity contribution in [2.75, 3.05) is 33.0 Å². The molecule has 0 aliphatic rings. The maximum absolute atomic E-state index is 11.9. The molecule has 1 aromatic rings. The predicted molar refractivity (Wildman–Crippen MR) is 81.3 cm³/mol. The van der Waals surface area contributed by atoms with Gasteiger partial charge in [0.1, 0.15) is 0 Å². The fourth-order valence-electron chi connectivity index (χ4n) is 1.66. The highest BCUT2D eigenvalue weighted by atomic mass is 35.5. The second-order valence-corrected chi connectivity index (χ2v) is 5.06. The van der Waals surface area contributed by atoms with Crippen molar-refractivity contribution in [1.82, 2.24) is 10.2 Å². The van der Waals surface area contributed by atoms with Crippen LogP contribution in [0.1, 0.15) is 23.2 Å². The van der Waals surface area contributed by atoms with Crippen molar-refractivity contribution < 1.29 is 9.59 Å². The lowest BCUT2D eigenvalue weighted by atomic mass is 10.1. The molecule has 0 heterocycles. The molecule has 0 saturated carbocycles. The van der Waals surface area contributed by atoms with Crippen LogP contribution in [0.4, 0.5) is 5.69 Å². The van der Waals surface area contributed by atoms with Crippen LogP contribution in [0.25, 0.3) is 0 Å². The first kappa shape index (κ1) is 16.5. The summed E-state index contributed by atoms with van der Waals surface area (Å²) in [7, 11) is 5.15. The summed E-state index contributed by atoms with van der Waals surface area (Å²) in [6.07, 6.45) is 1.19. The van der Waals surface area contributed by atoms with E-state index in [1.54, 1.807) is 32.3 Å². The number of carbonyl (C=O) groups excluding carboxylic acids is 2. The van der Waals surface area contributed by atoms with Crippen molar-refractivity contribution in [3.05, 3.63) is 28.8 Å². The smallest absolute Gasteiger partial charge is 0.254 e. The van der Waals surface area contributed by atoms with E-state index >= 15 is 0 Å². The molecule has 0 aromatic heterocycles. The van der Waals surface area contributed by atoms with Crippen LogP contribution in [0.2, 0.25) is 5.02 Å². The first-order valence-electron chi connectivity index (χ1n) is 6.41. The van der Waals surface area contributed by atoms with E-state index in [1.165, 1.54) is 4.90 Å². The molecule has 2 N–H and O–H groups in total. The van der Waals surface area contributed by atoms with E-state index in [0.717, 1.165) is 13.0 Å². The number of halogens is 1. The molecule has 0 spiro atoms. The van der Waals surface area contributed by atoms with E-state index in [-0.39, 0.29) is 11.8 Å². The third kappa shape index (κ3) is 4.83. The second-order valence-electron chi connectivity index (χ2n) is 4.65. The summed E-state index contributed by atoms with van der Waals surface area (Å²) in [4.78, 5) is 25.1. The number of hydrogen-bond donors (Lipinski definition) is 2. The predicted octanol–water partition coefficient (Wildman–Crippen LogP) is 1.98. The lowest BCUT2D eigenvalue weighted by molar-refractivity contribution is -0.116. The molecule has 0 aliphatic carbocycles. The van der Waals surface area contributed by atoms with Crippen molar-refractivity contribution in [3.63, 3.8) is 0 Å².